The predicted octanol–water partition coefficient (Wildman–Crippen LogP) is 2.71. The van der Waals surface area contributed by atoms with Gasteiger partial charge in [-0.3, -0.25) is 0 Å². The van der Waals surface area contributed by atoms with Crippen molar-refractivity contribution in [1.29, 1.82) is 0 Å². The Hall–Kier alpha value is -1.28. The van der Waals surface area contributed by atoms with Crippen LogP contribution < -0.4 is 0 Å². The van der Waals surface area contributed by atoms with Gasteiger partial charge in [0.15, 0.2) is 0 Å². The van der Waals surface area contributed by atoms with Crippen LogP contribution in [0.4, 0.5) is 0 Å². The lowest BCUT2D eigenvalue weighted by Gasteiger charge is -2.00. The van der Waals surface area contributed by atoms with E-state index in [4.69, 9.17) is 5.11 Å². The number of aromatic amines is 1. The van der Waals surface area contributed by atoms with Crippen LogP contribution in [0, 0.1) is 13.8 Å². The molecule has 0 fully saturated rings. The number of benzene rings is 1. The van der Waals surface area contributed by atoms with E-state index in [1.54, 1.807) is 0 Å². The average Bonchev–Trinajstić information content (AvgIpc) is 2.51. The van der Waals surface area contributed by atoms with Crippen LogP contribution in [-0.4, -0.2) is 16.7 Å². The fraction of sp³-hybridized carbons (Fsp3) is 0.385. The molecule has 2 N–H and O–H groups in total. The third kappa shape index (κ3) is 1.90. The molecule has 2 aromatic rings. The first-order chi connectivity index (χ1) is 7.22. The van der Waals surface area contributed by atoms with Gasteiger partial charge in [0.1, 0.15) is 0 Å². The third-order valence-corrected chi connectivity index (χ3v) is 2.86. The minimum absolute atomic E-state index is 0.262. The summed E-state index contributed by atoms with van der Waals surface area (Å²) >= 11 is 0. The van der Waals surface area contributed by atoms with Crippen molar-refractivity contribution >= 4 is 10.9 Å². The van der Waals surface area contributed by atoms with Gasteiger partial charge in [-0.25, -0.2) is 0 Å². The summed E-state index contributed by atoms with van der Waals surface area (Å²) in [6, 6.07) is 6.46. The Morgan fingerprint density at radius 2 is 2.07 bits per heavy atom. The summed E-state index contributed by atoms with van der Waals surface area (Å²) in [5, 5.41) is 10.2. The number of fused-ring (bicyclic) bond motifs is 1. The van der Waals surface area contributed by atoms with Gasteiger partial charge in [0.2, 0.25) is 0 Å². The molecule has 2 nitrogen and oxygen atoms in total. The molecule has 80 valence electrons. The van der Waals surface area contributed by atoms with E-state index >= 15 is 0 Å². The molecule has 0 unspecified atom stereocenters. The zero-order valence-corrected chi connectivity index (χ0v) is 9.30. The van der Waals surface area contributed by atoms with E-state index in [-0.39, 0.29) is 6.61 Å². The first-order valence-corrected chi connectivity index (χ1v) is 5.41. The van der Waals surface area contributed by atoms with Crippen molar-refractivity contribution in [2.75, 3.05) is 6.61 Å². The van der Waals surface area contributed by atoms with Crippen molar-refractivity contribution in [3.05, 3.63) is 35.0 Å². The lowest BCUT2D eigenvalue weighted by molar-refractivity contribution is 0.288. The van der Waals surface area contributed by atoms with Gasteiger partial charge < -0.3 is 10.1 Å². The molecule has 0 atom stereocenters. The second-order valence-electron chi connectivity index (χ2n) is 4.10. The fourth-order valence-corrected chi connectivity index (χ4v) is 2.07. The summed E-state index contributed by atoms with van der Waals surface area (Å²) in [5.74, 6) is 0. The number of H-pyrrole nitrogens is 1. The quantitative estimate of drug-likeness (QED) is 0.790. The van der Waals surface area contributed by atoms with Gasteiger partial charge in [0.25, 0.3) is 0 Å². The topological polar surface area (TPSA) is 36.0 Å². The molecule has 0 spiro atoms. The predicted molar refractivity (Wildman–Crippen MR) is 63.2 cm³/mol. The molecular weight excluding hydrogens is 186 g/mol. The summed E-state index contributed by atoms with van der Waals surface area (Å²) in [4.78, 5) is 3.38. The van der Waals surface area contributed by atoms with Gasteiger partial charge in [-0.05, 0) is 44.4 Å². The van der Waals surface area contributed by atoms with E-state index in [1.165, 1.54) is 27.7 Å². The number of aliphatic hydroxyl groups is 1. The first kappa shape index (κ1) is 10.2. The highest BCUT2D eigenvalue weighted by Crippen LogP contribution is 2.24. The van der Waals surface area contributed by atoms with Crippen molar-refractivity contribution in [2.45, 2.75) is 26.7 Å². The Bertz CT molecular complexity index is 471. The standard InChI is InChI=1S/C13H17NO/c1-9-5-6-13-12(8-9)11(4-3-7-15)10(2)14-13/h5-6,8,14-15H,3-4,7H2,1-2H3. The molecular formula is C13H17NO. The normalized spacial score (nSPS) is 11.1. The number of rotatable bonds is 3. The Morgan fingerprint density at radius 1 is 1.27 bits per heavy atom. The summed E-state index contributed by atoms with van der Waals surface area (Å²) in [5.41, 5.74) is 5.06. The monoisotopic (exact) mass is 203 g/mol. The van der Waals surface area contributed by atoms with Gasteiger partial charge in [0, 0.05) is 23.2 Å². The van der Waals surface area contributed by atoms with E-state index in [2.05, 4.69) is 37.0 Å². The van der Waals surface area contributed by atoms with Gasteiger partial charge in [-0.15, -0.1) is 0 Å². The Balaban J connectivity index is 2.50. The molecule has 0 aliphatic carbocycles. The number of hydrogen-bond acceptors (Lipinski definition) is 1. The second kappa shape index (κ2) is 4.07. The van der Waals surface area contributed by atoms with E-state index in [0.29, 0.717) is 0 Å². The van der Waals surface area contributed by atoms with Gasteiger partial charge in [-0.2, -0.15) is 0 Å². The molecule has 2 heteroatoms. The van der Waals surface area contributed by atoms with Crippen molar-refractivity contribution in [3.63, 3.8) is 0 Å². The number of hydrogen-bond donors (Lipinski definition) is 2. The van der Waals surface area contributed by atoms with Crippen LogP contribution in [0.15, 0.2) is 18.2 Å². The summed E-state index contributed by atoms with van der Waals surface area (Å²) < 4.78 is 0. The maximum atomic E-state index is 8.87. The van der Waals surface area contributed by atoms with Crippen LogP contribution in [0.5, 0.6) is 0 Å². The van der Waals surface area contributed by atoms with Crippen LogP contribution in [0.1, 0.15) is 23.2 Å². The molecule has 0 saturated heterocycles. The van der Waals surface area contributed by atoms with Gasteiger partial charge >= 0.3 is 0 Å². The molecule has 1 heterocycles. The average molecular weight is 203 g/mol. The molecule has 0 saturated carbocycles. The van der Waals surface area contributed by atoms with E-state index < -0.39 is 0 Å². The van der Waals surface area contributed by atoms with Crippen LogP contribution in [0.2, 0.25) is 0 Å². The highest BCUT2D eigenvalue weighted by molar-refractivity contribution is 5.85. The molecule has 1 aromatic carbocycles. The van der Waals surface area contributed by atoms with Crippen LogP contribution in [-0.2, 0) is 6.42 Å². The summed E-state index contributed by atoms with van der Waals surface area (Å²) in [6.07, 6.45) is 1.79. The first-order valence-electron chi connectivity index (χ1n) is 5.41. The smallest absolute Gasteiger partial charge is 0.0459 e. The minimum Gasteiger partial charge on any atom is -0.396 e. The van der Waals surface area contributed by atoms with E-state index in [9.17, 15) is 0 Å². The zero-order chi connectivity index (χ0) is 10.8. The van der Waals surface area contributed by atoms with Gasteiger partial charge in [-0.1, -0.05) is 11.6 Å². The highest BCUT2D eigenvalue weighted by atomic mass is 16.2. The summed E-state index contributed by atoms with van der Waals surface area (Å²) in [7, 11) is 0. The Kier molecular flexibility index (Phi) is 2.78. The molecule has 0 bridgehead atoms. The Labute approximate surface area is 89.9 Å². The van der Waals surface area contributed by atoms with Crippen molar-refractivity contribution in [1.82, 2.24) is 4.98 Å². The molecule has 15 heavy (non-hydrogen) atoms. The Morgan fingerprint density at radius 3 is 2.80 bits per heavy atom. The minimum atomic E-state index is 0.262. The summed E-state index contributed by atoms with van der Waals surface area (Å²) in [6.45, 7) is 4.47. The van der Waals surface area contributed by atoms with Crippen molar-refractivity contribution < 1.29 is 5.11 Å². The molecule has 1 aromatic heterocycles. The van der Waals surface area contributed by atoms with Crippen LogP contribution >= 0.6 is 0 Å². The van der Waals surface area contributed by atoms with E-state index in [1.807, 2.05) is 0 Å². The zero-order valence-electron chi connectivity index (χ0n) is 9.30. The lowest BCUT2D eigenvalue weighted by atomic mass is 10.0. The van der Waals surface area contributed by atoms with Crippen molar-refractivity contribution in [2.24, 2.45) is 0 Å². The second-order valence-corrected chi connectivity index (χ2v) is 4.10. The van der Waals surface area contributed by atoms with Crippen LogP contribution in [0.3, 0.4) is 0 Å². The molecule has 0 aliphatic rings. The van der Waals surface area contributed by atoms with Crippen LogP contribution in [0.25, 0.3) is 10.9 Å². The lowest BCUT2D eigenvalue weighted by Crippen LogP contribution is -1.90. The number of aryl methyl sites for hydroxylation is 3. The van der Waals surface area contributed by atoms with Gasteiger partial charge in [0.05, 0.1) is 0 Å². The van der Waals surface area contributed by atoms with Crippen molar-refractivity contribution in [3.8, 4) is 0 Å². The molecule has 0 radical (unpaired) electrons. The maximum absolute atomic E-state index is 8.87. The molecule has 0 amide bonds. The SMILES string of the molecule is Cc1ccc2[nH]c(C)c(CCCO)c2c1. The number of aromatic nitrogens is 1. The largest absolute Gasteiger partial charge is 0.396 e. The maximum Gasteiger partial charge on any atom is 0.0459 e. The fourth-order valence-electron chi connectivity index (χ4n) is 2.07. The number of aliphatic hydroxyl groups excluding tert-OH is 1. The highest BCUT2D eigenvalue weighted by Gasteiger charge is 2.07. The number of nitrogens with one attached hydrogen (secondary N) is 1. The molecule has 2 rings (SSSR count). The third-order valence-electron chi connectivity index (χ3n) is 2.86. The molecule has 0 aliphatic heterocycles. The van der Waals surface area contributed by atoms with E-state index in [0.717, 1.165) is 12.8 Å².